The summed E-state index contributed by atoms with van der Waals surface area (Å²) in [5, 5.41) is 9.85. The number of hydrogen-bond acceptors (Lipinski definition) is 3. The summed E-state index contributed by atoms with van der Waals surface area (Å²) in [7, 11) is 0. The molecule has 0 saturated carbocycles. The zero-order valence-electron chi connectivity index (χ0n) is 12.8. The van der Waals surface area contributed by atoms with Crippen molar-refractivity contribution < 1.29 is 18.0 Å². The van der Waals surface area contributed by atoms with Crippen molar-refractivity contribution in [2.45, 2.75) is 25.1 Å². The third-order valence-corrected chi connectivity index (χ3v) is 3.96. The Kier molecular flexibility index (Phi) is 4.57. The second-order valence-corrected chi connectivity index (χ2v) is 5.67. The van der Waals surface area contributed by atoms with Gasteiger partial charge in [0.1, 0.15) is 5.69 Å². The van der Waals surface area contributed by atoms with Crippen LogP contribution in [0.4, 0.5) is 13.2 Å². The van der Waals surface area contributed by atoms with Gasteiger partial charge in [0.05, 0.1) is 11.9 Å². The van der Waals surface area contributed by atoms with Crippen molar-refractivity contribution in [3.63, 3.8) is 0 Å². The summed E-state index contributed by atoms with van der Waals surface area (Å²) in [4.78, 5) is 12.3. The maximum absolute atomic E-state index is 13.0. The highest BCUT2D eigenvalue weighted by molar-refractivity contribution is 5.94. The van der Waals surface area contributed by atoms with E-state index in [1.54, 1.807) is 12.1 Å². The van der Waals surface area contributed by atoms with Crippen molar-refractivity contribution in [3.8, 4) is 5.69 Å². The number of nitrogens with zero attached hydrogens (tertiary/aromatic N) is 2. The number of hydrogen-bond donors (Lipinski definition) is 2. The minimum atomic E-state index is -4.51. The number of carbonyl (C=O) groups excluding carboxylic acids is 1. The van der Waals surface area contributed by atoms with E-state index in [0.717, 1.165) is 42.9 Å². The van der Waals surface area contributed by atoms with Gasteiger partial charge in [-0.15, -0.1) is 0 Å². The summed E-state index contributed by atoms with van der Waals surface area (Å²) in [6.07, 6.45) is -1.75. The quantitative estimate of drug-likeness (QED) is 0.903. The first-order valence-corrected chi connectivity index (χ1v) is 7.68. The van der Waals surface area contributed by atoms with Crippen LogP contribution in [0.5, 0.6) is 0 Å². The van der Waals surface area contributed by atoms with Gasteiger partial charge in [-0.1, -0.05) is 6.07 Å². The SMILES string of the molecule is O=C(NC1CCNCC1)c1cccc(-n2nccc2C(F)(F)F)c1. The van der Waals surface area contributed by atoms with E-state index in [0.29, 0.717) is 5.56 Å². The number of alkyl halides is 3. The molecule has 0 atom stereocenters. The van der Waals surface area contributed by atoms with Crippen molar-refractivity contribution in [1.29, 1.82) is 0 Å². The van der Waals surface area contributed by atoms with Crippen LogP contribution in [0.15, 0.2) is 36.5 Å². The zero-order chi connectivity index (χ0) is 17.2. The molecule has 128 valence electrons. The third kappa shape index (κ3) is 3.59. The van der Waals surface area contributed by atoms with Crippen molar-refractivity contribution in [2.75, 3.05) is 13.1 Å². The molecule has 2 heterocycles. The lowest BCUT2D eigenvalue weighted by Crippen LogP contribution is -2.42. The van der Waals surface area contributed by atoms with Crippen LogP contribution in [0.2, 0.25) is 0 Å². The van der Waals surface area contributed by atoms with Crippen LogP contribution in [-0.4, -0.2) is 34.8 Å². The van der Waals surface area contributed by atoms with E-state index in [2.05, 4.69) is 15.7 Å². The molecule has 1 fully saturated rings. The second kappa shape index (κ2) is 6.64. The lowest BCUT2D eigenvalue weighted by atomic mass is 10.1. The van der Waals surface area contributed by atoms with Crippen molar-refractivity contribution in [3.05, 3.63) is 47.8 Å². The molecule has 2 aromatic rings. The van der Waals surface area contributed by atoms with Gasteiger partial charge < -0.3 is 10.6 Å². The average Bonchev–Trinajstić information content (AvgIpc) is 3.06. The molecule has 1 aliphatic heterocycles. The van der Waals surface area contributed by atoms with Crippen LogP contribution in [0.3, 0.4) is 0 Å². The molecule has 1 aromatic carbocycles. The fourth-order valence-corrected chi connectivity index (χ4v) is 2.74. The predicted molar refractivity (Wildman–Crippen MR) is 81.9 cm³/mol. The van der Waals surface area contributed by atoms with Gasteiger partial charge in [0.25, 0.3) is 5.91 Å². The Hall–Kier alpha value is -2.35. The Morgan fingerprint density at radius 1 is 1.25 bits per heavy atom. The molecule has 0 unspecified atom stereocenters. The van der Waals surface area contributed by atoms with Crippen LogP contribution < -0.4 is 10.6 Å². The molecule has 0 radical (unpaired) electrons. The van der Waals surface area contributed by atoms with Gasteiger partial charge in [0, 0.05) is 11.6 Å². The molecule has 24 heavy (non-hydrogen) atoms. The molecular weight excluding hydrogens is 321 g/mol. The number of piperidine rings is 1. The summed E-state index contributed by atoms with van der Waals surface area (Å²) in [6.45, 7) is 1.68. The highest BCUT2D eigenvalue weighted by Gasteiger charge is 2.35. The molecule has 1 amide bonds. The molecular formula is C16H17F3N4O. The average molecular weight is 338 g/mol. The van der Waals surface area contributed by atoms with Crippen molar-refractivity contribution in [2.24, 2.45) is 0 Å². The van der Waals surface area contributed by atoms with Crippen LogP contribution in [0.1, 0.15) is 28.9 Å². The molecule has 8 heteroatoms. The van der Waals surface area contributed by atoms with Gasteiger partial charge >= 0.3 is 6.18 Å². The Labute approximate surface area is 136 Å². The zero-order valence-corrected chi connectivity index (χ0v) is 12.8. The van der Waals surface area contributed by atoms with Crippen LogP contribution in [0, 0.1) is 0 Å². The smallest absolute Gasteiger partial charge is 0.349 e. The standard InChI is InChI=1S/C16H17F3N4O/c17-16(18,19)14-6-9-21-23(14)13-3-1-2-11(10-13)15(24)22-12-4-7-20-8-5-12/h1-3,6,9-10,12,20H,4-5,7-8H2,(H,22,24). The maximum atomic E-state index is 13.0. The Morgan fingerprint density at radius 3 is 2.71 bits per heavy atom. The topological polar surface area (TPSA) is 59.0 Å². The van der Waals surface area contributed by atoms with E-state index >= 15 is 0 Å². The summed E-state index contributed by atoms with van der Waals surface area (Å²) in [5.74, 6) is -0.288. The highest BCUT2D eigenvalue weighted by atomic mass is 19.4. The van der Waals surface area contributed by atoms with Gasteiger partial charge in [-0.2, -0.15) is 18.3 Å². The van der Waals surface area contributed by atoms with Crippen LogP contribution in [0.25, 0.3) is 5.69 Å². The molecule has 0 aliphatic carbocycles. The van der Waals surface area contributed by atoms with Crippen LogP contribution >= 0.6 is 0 Å². The molecule has 1 aliphatic rings. The van der Waals surface area contributed by atoms with E-state index in [-0.39, 0.29) is 17.6 Å². The minimum Gasteiger partial charge on any atom is -0.349 e. The Balaban J connectivity index is 1.82. The molecule has 1 saturated heterocycles. The van der Waals surface area contributed by atoms with E-state index in [9.17, 15) is 18.0 Å². The summed E-state index contributed by atoms with van der Waals surface area (Å²) < 4.78 is 39.8. The number of halogens is 3. The number of rotatable bonds is 3. The molecule has 0 spiro atoms. The lowest BCUT2D eigenvalue weighted by Gasteiger charge is -2.23. The minimum absolute atomic E-state index is 0.0813. The fraction of sp³-hybridized carbons (Fsp3) is 0.375. The summed E-state index contributed by atoms with van der Waals surface area (Å²) in [5.41, 5.74) is -0.363. The second-order valence-electron chi connectivity index (χ2n) is 5.67. The number of carbonyl (C=O) groups is 1. The number of amides is 1. The van der Waals surface area contributed by atoms with E-state index in [1.165, 1.54) is 12.1 Å². The molecule has 3 rings (SSSR count). The lowest BCUT2D eigenvalue weighted by molar-refractivity contribution is -0.142. The van der Waals surface area contributed by atoms with Gasteiger partial charge in [0.15, 0.2) is 0 Å². The molecule has 0 bridgehead atoms. The number of benzene rings is 1. The highest BCUT2D eigenvalue weighted by Crippen LogP contribution is 2.30. The predicted octanol–water partition coefficient (Wildman–Crippen LogP) is 2.37. The van der Waals surface area contributed by atoms with Crippen molar-refractivity contribution in [1.82, 2.24) is 20.4 Å². The molecule has 2 N–H and O–H groups in total. The largest absolute Gasteiger partial charge is 0.433 e. The van der Waals surface area contributed by atoms with E-state index in [1.807, 2.05) is 0 Å². The Morgan fingerprint density at radius 2 is 2.00 bits per heavy atom. The number of nitrogens with one attached hydrogen (secondary N) is 2. The third-order valence-electron chi connectivity index (χ3n) is 3.96. The van der Waals surface area contributed by atoms with E-state index < -0.39 is 11.9 Å². The van der Waals surface area contributed by atoms with E-state index in [4.69, 9.17) is 0 Å². The maximum Gasteiger partial charge on any atom is 0.433 e. The fourth-order valence-electron chi connectivity index (χ4n) is 2.74. The first kappa shape index (κ1) is 16.5. The van der Waals surface area contributed by atoms with Crippen LogP contribution in [-0.2, 0) is 6.18 Å². The monoisotopic (exact) mass is 338 g/mol. The molecule has 5 nitrogen and oxygen atoms in total. The summed E-state index contributed by atoms with van der Waals surface area (Å²) >= 11 is 0. The normalized spacial score (nSPS) is 16.1. The number of aromatic nitrogens is 2. The first-order valence-electron chi connectivity index (χ1n) is 7.68. The van der Waals surface area contributed by atoms with Gasteiger partial charge in [-0.25, -0.2) is 4.68 Å². The first-order chi connectivity index (χ1) is 11.4. The molecule has 1 aromatic heterocycles. The van der Waals surface area contributed by atoms with Crippen molar-refractivity contribution >= 4 is 5.91 Å². The van der Waals surface area contributed by atoms with Gasteiger partial charge in [-0.3, -0.25) is 4.79 Å². The summed E-state index contributed by atoms with van der Waals surface area (Å²) in [6, 6.07) is 7.02. The Bertz CT molecular complexity index is 720. The van der Waals surface area contributed by atoms with Gasteiger partial charge in [-0.05, 0) is 50.2 Å². The van der Waals surface area contributed by atoms with Gasteiger partial charge in [0.2, 0.25) is 0 Å².